The molecule has 0 bridgehead atoms. The first-order valence-electron chi connectivity index (χ1n) is 4.15. The maximum Gasteiger partial charge on any atom is 0.316 e. The molecule has 0 unspecified atom stereocenters. The summed E-state index contributed by atoms with van der Waals surface area (Å²) in [6.07, 6.45) is 3.18. The summed E-state index contributed by atoms with van der Waals surface area (Å²) < 4.78 is 4.51. The van der Waals surface area contributed by atoms with Gasteiger partial charge >= 0.3 is 5.97 Å². The van der Waals surface area contributed by atoms with Crippen molar-refractivity contribution in [2.24, 2.45) is 0 Å². The highest BCUT2D eigenvalue weighted by atomic mass is 32.2. The summed E-state index contributed by atoms with van der Waals surface area (Å²) in [7, 11) is 1.35. The van der Waals surface area contributed by atoms with Gasteiger partial charge in [-0.1, -0.05) is 11.8 Å². The van der Waals surface area contributed by atoms with Crippen LogP contribution in [-0.2, 0) is 9.53 Å². The van der Waals surface area contributed by atoms with E-state index in [1.165, 1.54) is 18.9 Å². The van der Waals surface area contributed by atoms with Crippen LogP contribution in [0, 0.1) is 0 Å². The van der Waals surface area contributed by atoms with Gasteiger partial charge in [-0.05, 0) is 0 Å². The van der Waals surface area contributed by atoms with Gasteiger partial charge < -0.3 is 9.72 Å². The van der Waals surface area contributed by atoms with E-state index in [4.69, 9.17) is 0 Å². The summed E-state index contributed by atoms with van der Waals surface area (Å²) in [5.41, 5.74) is 1.37. The van der Waals surface area contributed by atoms with Crippen LogP contribution in [0.15, 0.2) is 17.7 Å². The molecule has 0 aliphatic heterocycles. The zero-order chi connectivity index (χ0) is 10.7. The van der Waals surface area contributed by atoms with Crippen molar-refractivity contribution in [3.63, 3.8) is 0 Å². The first-order chi connectivity index (χ1) is 7.29. The normalized spacial score (nSPS) is 10.5. The third kappa shape index (κ3) is 2.24. The van der Waals surface area contributed by atoms with Crippen molar-refractivity contribution < 1.29 is 9.53 Å². The van der Waals surface area contributed by atoms with Gasteiger partial charge in [0.2, 0.25) is 0 Å². The predicted molar refractivity (Wildman–Crippen MR) is 54.4 cm³/mol. The van der Waals surface area contributed by atoms with E-state index in [1.807, 2.05) is 0 Å². The molecule has 0 aliphatic carbocycles. The second kappa shape index (κ2) is 4.26. The van der Waals surface area contributed by atoms with Gasteiger partial charge in [0.1, 0.15) is 5.52 Å². The van der Waals surface area contributed by atoms with Crippen LogP contribution in [0.2, 0.25) is 0 Å². The van der Waals surface area contributed by atoms with Crippen molar-refractivity contribution in [2.45, 2.75) is 5.16 Å². The van der Waals surface area contributed by atoms with Crippen LogP contribution in [0.1, 0.15) is 0 Å². The average molecular weight is 224 g/mol. The molecule has 0 fully saturated rings. The number of fused-ring (bicyclic) bond motifs is 1. The van der Waals surface area contributed by atoms with E-state index in [2.05, 4.69) is 24.7 Å². The number of aromatic amines is 1. The van der Waals surface area contributed by atoms with Crippen molar-refractivity contribution in [2.75, 3.05) is 12.9 Å². The van der Waals surface area contributed by atoms with E-state index in [-0.39, 0.29) is 11.7 Å². The molecule has 2 aromatic heterocycles. The van der Waals surface area contributed by atoms with Gasteiger partial charge in [-0.25, -0.2) is 15.0 Å². The Balaban J connectivity index is 2.11. The Hall–Kier alpha value is -1.63. The zero-order valence-electron chi connectivity index (χ0n) is 7.93. The fraction of sp³-hybridized carbons (Fsp3) is 0.250. The third-order valence-corrected chi connectivity index (χ3v) is 2.54. The second-order valence-corrected chi connectivity index (χ2v) is 3.60. The van der Waals surface area contributed by atoms with Gasteiger partial charge in [-0.3, -0.25) is 4.79 Å². The minimum atomic E-state index is -0.300. The number of aromatic nitrogens is 4. The molecule has 15 heavy (non-hydrogen) atoms. The first-order valence-corrected chi connectivity index (χ1v) is 5.14. The van der Waals surface area contributed by atoms with E-state index in [9.17, 15) is 4.79 Å². The quantitative estimate of drug-likeness (QED) is 0.467. The number of rotatable bonds is 3. The SMILES string of the molecule is COC(=O)CSc1ncc2[nH]cnc2n1. The molecule has 0 saturated carbocycles. The second-order valence-electron chi connectivity index (χ2n) is 2.66. The number of imidazole rings is 1. The van der Waals surface area contributed by atoms with Gasteiger partial charge in [-0.15, -0.1) is 0 Å². The maximum atomic E-state index is 10.9. The Kier molecular flexibility index (Phi) is 2.82. The molecule has 0 saturated heterocycles. The van der Waals surface area contributed by atoms with E-state index in [1.54, 1.807) is 12.5 Å². The van der Waals surface area contributed by atoms with Crippen LogP contribution in [0.5, 0.6) is 0 Å². The minimum Gasteiger partial charge on any atom is -0.468 e. The van der Waals surface area contributed by atoms with E-state index >= 15 is 0 Å². The highest BCUT2D eigenvalue weighted by Gasteiger charge is 2.06. The Morgan fingerprint density at radius 2 is 2.47 bits per heavy atom. The molecular formula is C8H8N4O2S. The van der Waals surface area contributed by atoms with Crippen molar-refractivity contribution in [1.82, 2.24) is 19.9 Å². The minimum absolute atomic E-state index is 0.201. The molecule has 2 rings (SSSR count). The zero-order valence-corrected chi connectivity index (χ0v) is 8.74. The summed E-state index contributed by atoms with van der Waals surface area (Å²) in [5, 5.41) is 0.514. The van der Waals surface area contributed by atoms with Crippen molar-refractivity contribution >= 4 is 28.9 Å². The summed E-state index contributed by atoms with van der Waals surface area (Å²) in [5.74, 6) is -0.0994. The summed E-state index contributed by atoms with van der Waals surface area (Å²) in [6, 6.07) is 0. The Bertz CT molecular complexity index is 484. The van der Waals surface area contributed by atoms with Crippen LogP contribution in [-0.4, -0.2) is 38.8 Å². The smallest absolute Gasteiger partial charge is 0.316 e. The molecule has 6 nitrogen and oxygen atoms in total. The van der Waals surface area contributed by atoms with E-state index < -0.39 is 0 Å². The lowest BCUT2D eigenvalue weighted by molar-refractivity contribution is -0.137. The number of hydrogen-bond acceptors (Lipinski definition) is 6. The van der Waals surface area contributed by atoms with Crippen molar-refractivity contribution in [3.05, 3.63) is 12.5 Å². The number of nitrogens with one attached hydrogen (secondary N) is 1. The molecule has 2 aromatic rings. The molecule has 0 aliphatic rings. The van der Waals surface area contributed by atoms with Crippen molar-refractivity contribution in [3.8, 4) is 0 Å². The maximum absolute atomic E-state index is 10.9. The third-order valence-electron chi connectivity index (χ3n) is 1.70. The number of H-pyrrole nitrogens is 1. The molecule has 0 aromatic carbocycles. The molecule has 0 spiro atoms. The van der Waals surface area contributed by atoms with Gasteiger partial charge in [0, 0.05) is 0 Å². The lowest BCUT2D eigenvalue weighted by atomic mass is 10.6. The van der Waals surface area contributed by atoms with Gasteiger partial charge in [0.25, 0.3) is 0 Å². The molecule has 0 amide bonds. The fourth-order valence-electron chi connectivity index (χ4n) is 0.972. The van der Waals surface area contributed by atoms with E-state index in [0.29, 0.717) is 10.8 Å². The average Bonchev–Trinajstić information content (AvgIpc) is 2.72. The number of methoxy groups -OCH3 is 1. The van der Waals surface area contributed by atoms with Crippen LogP contribution in [0.4, 0.5) is 0 Å². The Labute approximate surface area is 89.5 Å². The first kappa shape index (κ1) is 9.91. The topological polar surface area (TPSA) is 80.8 Å². The van der Waals surface area contributed by atoms with Crippen LogP contribution < -0.4 is 0 Å². The summed E-state index contributed by atoms with van der Waals surface area (Å²) in [4.78, 5) is 26.0. The molecule has 78 valence electrons. The monoisotopic (exact) mass is 224 g/mol. The molecular weight excluding hydrogens is 216 g/mol. The largest absolute Gasteiger partial charge is 0.468 e. The summed E-state index contributed by atoms with van der Waals surface area (Å²) in [6.45, 7) is 0. The number of carbonyl (C=O) groups is 1. The Morgan fingerprint density at radius 1 is 1.60 bits per heavy atom. The van der Waals surface area contributed by atoms with Crippen molar-refractivity contribution in [1.29, 1.82) is 0 Å². The summed E-state index contributed by atoms with van der Waals surface area (Å²) >= 11 is 1.22. The predicted octanol–water partition coefficient (Wildman–Crippen LogP) is 0.618. The number of ether oxygens (including phenoxy) is 1. The molecule has 1 N–H and O–H groups in total. The fourth-order valence-corrected chi connectivity index (χ4v) is 1.62. The van der Waals surface area contributed by atoms with Crippen LogP contribution in [0.3, 0.4) is 0 Å². The Morgan fingerprint density at radius 3 is 3.27 bits per heavy atom. The number of esters is 1. The number of nitrogens with zero attached hydrogens (tertiary/aromatic N) is 3. The molecule has 2 heterocycles. The molecule has 0 atom stereocenters. The lowest BCUT2D eigenvalue weighted by Gasteiger charge is -1.97. The lowest BCUT2D eigenvalue weighted by Crippen LogP contribution is -2.03. The van der Waals surface area contributed by atoms with Crippen LogP contribution >= 0.6 is 11.8 Å². The number of carbonyl (C=O) groups excluding carboxylic acids is 1. The van der Waals surface area contributed by atoms with Crippen LogP contribution in [0.25, 0.3) is 11.2 Å². The van der Waals surface area contributed by atoms with E-state index in [0.717, 1.165) is 5.52 Å². The standard InChI is InChI=1S/C8H8N4O2S/c1-14-6(13)3-15-8-9-2-5-7(12-8)11-4-10-5/h2,4H,3H2,1H3,(H,9,10,11,12). The highest BCUT2D eigenvalue weighted by molar-refractivity contribution is 7.99. The number of thioether (sulfide) groups is 1. The highest BCUT2D eigenvalue weighted by Crippen LogP contribution is 2.14. The van der Waals surface area contributed by atoms with Gasteiger partial charge in [0.05, 0.1) is 25.4 Å². The molecule has 0 radical (unpaired) electrons. The number of hydrogen-bond donors (Lipinski definition) is 1. The van der Waals surface area contributed by atoms with Gasteiger partial charge in [-0.2, -0.15) is 0 Å². The molecule has 7 heteroatoms. The van der Waals surface area contributed by atoms with Gasteiger partial charge in [0.15, 0.2) is 10.8 Å².